The van der Waals surface area contributed by atoms with E-state index >= 15 is 0 Å². The van der Waals surface area contributed by atoms with Crippen LogP contribution in [0.2, 0.25) is 0 Å². The van der Waals surface area contributed by atoms with Crippen LogP contribution in [0.15, 0.2) is 22.7 Å². The van der Waals surface area contributed by atoms with Gasteiger partial charge >= 0.3 is 5.97 Å². The first-order chi connectivity index (χ1) is 9.19. The van der Waals surface area contributed by atoms with Gasteiger partial charge in [0.25, 0.3) is 5.91 Å². The molecule has 1 rings (SSSR count). The lowest BCUT2D eigenvalue weighted by molar-refractivity contribution is 0.0696. The number of sulfonamides is 1. The number of amides is 1. The minimum atomic E-state index is -3.30. The third-order valence-electron chi connectivity index (χ3n) is 2.18. The Hall–Kier alpha value is -1.45. The summed E-state index contributed by atoms with van der Waals surface area (Å²) in [5, 5.41) is 11.4. The Kier molecular flexibility index (Phi) is 5.66. The largest absolute Gasteiger partial charge is 0.478 e. The Morgan fingerprint density at radius 1 is 1.20 bits per heavy atom. The summed E-state index contributed by atoms with van der Waals surface area (Å²) in [4.78, 5) is 22.7. The second-order valence-electron chi connectivity index (χ2n) is 3.96. The third-order valence-corrected chi connectivity index (χ3v) is 3.37. The van der Waals surface area contributed by atoms with Gasteiger partial charge in [0.05, 0.1) is 11.8 Å². The van der Waals surface area contributed by atoms with Gasteiger partial charge in [-0.1, -0.05) is 15.9 Å². The van der Waals surface area contributed by atoms with Crippen molar-refractivity contribution in [3.05, 3.63) is 33.8 Å². The summed E-state index contributed by atoms with van der Waals surface area (Å²) in [6.45, 7) is 0.158. The third kappa shape index (κ3) is 5.68. The predicted octanol–water partition coefficient (Wildman–Crippen LogP) is 0.426. The first-order valence-corrected chi connectivity index (χ1v) is 8.14. The molecule has 1 aromatic carbocycles. The van der Waals surface area contributed by atoms with Gasteiger partial charge in [-0.3, -0.25) is 4.79 Å². The van der Waals surface area contributed by atoms with Crippen molar-refractivity contribution >= 4 is 37.8 Å². The van der Waals surface area contributed by atoms with Crippen molar-refractivity contribution < 1.29 is 23.1 Å². The molecular formula is C11H13BrN2O5S. The lowest BCUT2D eigenvalue weighted by atomic mass is 10.1. The Balaban J connectivity index is 2.66. The smallest absolute Gasteiger partial charge is 0.335 e. The van der Waals surface area contributed by atoms with Crippen molar-refractivity contribution in [2.24, 2.45) is 0 Å². The van der Waals surface area contributed by atoms with Gasteiger partial charge in [0.2, 0.25) is 10.0 Å². The standard InChI is InChI=1S/C11H13BrN2O5S/c1-20(18,19)14-3-2-13-10(15)7-4-8(11(16)17)6-9(12)5-7/h4-6,14H,2-3H2,1H3,(H,13,15)(H,16,17). The number of rotatable bonds is 6. The van der Waals surface area contributed by atoms with Crippen molar-refractivity contribution in [1.82, 2.24) is 10.0 Å². The van der Waals surface area contributed by atoms with E-state index in [0.29, 0.717) is 4.47 Å². The van der Waals surface area contributed by atoms with Crippen LogP contribution in [0.4, 0.5) is 0 Å². The molecule has 9 heteroatoms. The molecule has 0 aromatic heterocycles. The molecular weight excluding hydrogens is 352 g/mol. The van der Waals surface area contributed by atoms with Gasteiger partial charge in [0, 0.05) is 23.1 Å². The number of carbonyl (C=O) groups excluding carboxylic acids is 1. The van der Waals surface area contributed by atoms with Crippen LogP contribution in [-0.4, -0.2) is 44.7 Å². The monoisotopic (exact) mass is 364 g/mol. The van der Waals surface area contributed by atoms with Crippen LogP contribution >= 0.6 is 15.9 Å². The maximum atomic E-state index is 11.8. The maximum absolute atomic E-state index is 11.8. The number of benzene rings is 1. The molecule has 0 aliphatic carbocycles. The van der Waals surface area contributed by atoms with Crippen LogP contribution in [-0.2, 0) is 10.0 Å². The number of carboxylic acid groups (broad SMARTS) is 1. The van der Waals surface area contributed by atoms with Gasteiger partial charge in [-0.05, 0) is 18.2 Å². The molecule has 0 heterocycles. The van der Waals surface area contributed by atoms with Crippen molar-refractivity contribution in [2.75, 3.05) is 19.3 Å². The van der Waals surface area contributed by atoms with Crippen LogP contribution in [0.1, 0.15) is 20.7 Å². The fraction of sp³-hybridized carbons (Fsp3) is 0.273. The maximum Gasteiger partial charge on any atom is 0.335 e. The van der Waals surface area contributed by atoms with E-state index in [1.54, 1.807) is 0 Å². The predicted molar refractivity (Wildman–Crippen MR) is 76.3 cm³/mol. The Morgan fingerprint density at radius 3 is 2.35 bits per heavy atom. The fourth-order valence-electron chi connectivity index (χ4n) is 1.36. The summed E-state index contributed by atoms with van der Waals surface area (Å²) in [7, 11) is -3.30. The SMILES string of the molecule is CS(=O)(=O)NCCNC(=O)c1cc(Br)cc(C(=O)O)c1. The van der Waals surface area contributed by atoms with Crippen LogP contribution in [0, 0.1) is 0 Å². The zero-order valence-electron chi connectivity index (χ0n) is 10.5. The topological polar surface area (TPSA) is 113 Å². The van der Waals surface area contributed by atoms with Gasteiger partial charge in [-0.25, -0.2) is 17.9 Å². The minimum absolute atomic E-state index is 0.0150. The molecule has 0 saturated heterocycles. The summed E-state index contributed by atoms with van der Waals surface area (Å²) in [6, 6.07) is 4.10. The van der Waals surface area contributed by atoms with Crippen LogP contribution in [0.25, 0.3) is 0 Å². The molecule has 0 unspecified atom stereocenters. The number of aromatic carboxylic acids is 1. The molecule has 0 spiro atoms. The van der Waals surface area contributed by atoms with Crippen LogP contribution < -0.4 is 10.0 Å². The molecule has 0 aliphatic heterocycles. The van der Waals surface area contributed by atoms with E-state index in [9.17, 15) is 18.0 Å². The zero-order chi connectivity index (χ0) is 15.3. The normalized spacial score (nSPS) is 11.1. The van der Waals surface area contributed by atoms with Gasteiger partial charge in [0.1, 0.15) is 0 Å². The molecule has 0 aliphatic rings. The van der Waals surface area contributed by atoms with E-state index in [4.69, 9.17) is 5.11 Å². The van der Waals surface area contributed by atoms with E-state index in [2.05, 4.69) is 26.0 Å². The molecule has 0 bridgehead atoms. The molecule has 110 valence electrons. The minimum Gasteiger partial charge on any atom is -0.478 e. The van der Waals surface area contributed by atoms with Gasteiger partial charge < -0.3 is 10.4 Å². The molecule has 1 aromatic rings. The van der Waals surface area contributed by atoms with Gasteiger partial charge in [0.15, 0.2) is 0 Å². The van der Waals surface area contributed by atoms with E-state index in [1.165, 1.54) is 18.2 Å². The average molecular weight is 365 g/mol. The molecule has 3 N–H and O–H groups in total. The van der Waals surface area contributed by atoms with Crippen molar-refractivity contribution in [2.45, 2.75) is 0 Å². The highest BCUT2D eigenvalue weighted by atomic mass is 79.9. The molecule has 0 saturated carbocycles. The molecule has 0 atom stereocenters. The lowest BCUT2D eigenvalue weighted by Gasteiger charge is -2.07. The van der Waals surface area contributed by atoms with E-state index in [1.807, 2.05) is 0 Å². The molecule has 7 nitrogen and oxygen atoms in total. The quantitative estimate of drug-likeness (QED) is 0.633. The highest BCUT2D eigenvalue weighted by Crippen LogP contribution is 2.16. The first kappa shape index (κ1) is 16.6. The molecule has 1 amide bonds. The second kappa shape index (κ2) is 6.82. The Labute approximate surface area is 124 Å². The highest BCUT2D eigenvalue weighted by Gasteiger charge is 2.11. The molecule has 0 radical (unpaired) electrons. The summed E-state index contributed by atoms with van der Waals surface area (Å²) in [6.07, 6.45) is 1.02. The number of carboxylic acids is 1. The van der Waals surface area contributed by atoms with Crippen molar-refractivity contribution in [1.29, 1.82) is 0 Å². The van der Waals surface area contributed by atoms with Crippen molar-refractivity contribution in [3.63, 3.8) is 0 Å². The summed E-state index contributed by atoms with van der Waals surface area (Å²) >= 11 is 3.12. The fourth-order valence-corrected chi connectivity index (χ4v) is 2.32. The summed E-state index contributed by atoms with van der Waals surface area (Å²) < 4.78 is 24.3. The average Bonchev–Trinajstić information content (AvgIpc) is 2.32. The van der Waals surface area contributed by atoms with E-state index < -0.39 is 21.9 Å². The summed E-state index contributed by atoms with van der Waals surface area (Å²) in [5.74, 6) is -1.62. The molecule has 20 heavy (non-hydrogen) atoms. The lowest BCUT2D eigenvalue weighted by Crippen LogP contribution is -2.34. The molecule has 0 fully saturated rings. The Morgan fingerprint density at radius 2 is 1.80 bits per heavy atom. The van der Waals surface area contributed by atoms with Crippen LogP contribution in [0.5, 0.6) is 0 Å². The zero-order valence-corrected chi connectivity index (χ0v) is 12.9. The Bertz CT molecular complexity index is 630. The number of hydrogen-bond donors (Lipinski definition) is 3. The van der Waals surface area contributed by atoms with Crippen LogP contribution in [0.3, 0.4) is 0 Å². The summed E-state index contributed by atoms with van der Waals surface area (Å²) in [5.41, 5.74) is 0.162. The van der Waals surface area contributed by atoms with Gasteiger partial charge in [-0.2, -0.15) is 0 Å². The first-order valence-electron chi connectivity index (χ1n) is 5.46. The van der Waals surface area contributed by atoms with Gasteiger partial charge in [-0.15, -0.1) is 0 Å². The van der Waals surface area contributed by atoms with Crippen molar-refractivity contribution in [3.8, 4) is 0 Å². The van der Waals surface area contributed by atoms with E-state index in [0.717, 1.165) is 6.26 Å². The number of hydrogen-bond acceptors (Lipinski definition) is 4. The highest BCUT2D eigenvalue weighted by molar-refractivity contribution is 9.10. The number of halogens is 1. The van der Waals surface area contributed by atoms with E-state index in [-0.39, 0.29) is 24.2 Å². The number of carbonyl (C=O) groups is 2. The number of nitrogens with one attached hydrogen (secondary N) is 2. The second-order valence-corrected chi connectivity index (χ2v) is 6.70.